The lowest BCUT2D eigenvalue weighted by molar-refractivity contribution is 1.19. The molecule has 4 rings (SSSR count). The molecule has 0 nitrogen and oxygen atoms in total. The molecule has 1 aromatic rings. The topological polar surface area (TPSA) is 0 Å². The molecule has 62 valence electrons. The summed E-state index contributed by atoms with van der Waals surface area (Å²) < 4.78 is 0. The van der Waals surface area contributed by atoms with Crippen LogP contribution in [-0.2, 0) is 0 Å². The van der Waals surface area contributed by atoms with Crippen LogP contribution in [0.2, 0.25) is 0 Å². The van der Waals surface area contributed by atoms with Crippen molar-refractivity contribution >= 4 is 22.9 Å². The lowest BCUT2D eigenvalue weighted by Crippen LogP contribution is -2.40. The fourth-order valence-corrected chi connectivity index (χ4v) is 3.39. The van der Waals surface area contributed by atoms with E-state index in [1.54, 1.807) is 5.57 Å². The Hall–Kier alpha value is -0.950. The minimum atomic E-state index is 0.798. The summed E-state index contributed by atoms with van der Waals surface area (Å²) in [6, 6.07) is 8.75. The second-order valence-corrected chi connectivity index (χ2v) is 5.08. The van der Waals surface area contributed by atoms with Crippen LogP contribution in [0.1, 0.15) is 0 Å². The van der Waals surface area contributed by atoms with E-state index in [2.05, 4.69) is 48.2 Å². The Morgan fingerprint density at radius 2 is 1.92 bits per heavy atom. The second-order valence-electron chi connectivity index (χ2n) is 3.75. The van der Waals surface area contributed by atoms with Gasteiger partial charge in [-0.15, -0.1) is 11.8 Å². The quantitative estimate of drug-likeness (QED) is 0.543. The minimum absolute atomic E-state index is 0.798. The highest BCUT2D eigenvalue weighted by Crippen LogP contribution is 2.53. The van der Waals surface area contributed by atoms with Crippen molar-refractivity contribution in [3.8, 4) is 0 Å². The van der Waals surface area contributed by atoms with Gasteiger partial charge in [0.15, 0.2) is 0 Å². The van der Waals surface area contributed by atoms with Crippen molar-refractivity contribution < 1.29 is 0 Å². The van der Waals surface area contributed by atoms with E-state index in [9.17, 15) is 0 Å². The van der Waals surface area contributed by atoms with Gasteiger partial charge in [0.1, 0.15) is 0 Å². The summed E-state index contributed by atoms with van der Waals surface area (Å²) in [6.07, 6.45) is 4.66. The van der Waals surface area contributed by atoms with Gasteiger partial charge in [0.05, 0.1) is 0 Å². The summed E-state index contributed by atoms with van der Waals surface area (Å²) in [6.45, 7) is 0. The number of rotatable bonds is 0. The average Bonchev–Trinajstić information content (AvgIpc) is 2.89. The van der Waals surface area contributed by atoms with Crippen LogP contribution in [0.5, 0.6) is 0 Å². The van der Waals surface area contributed by atoms with E-state index in [4.69, 9.17) is 0 Å². The fraction of sp³-hybridized carbons (Fsp3) is 0.167. The molecule has 1 fully saturated rings. The number of allylic oxidation sites excluding steroid dienone is 1. The summed E-state index contributed by atoms with van der Waals surface area (Å²) >= 11 is 2.08. The molecule has 1 saturated heterocycles. The molecule has 1 heterocycles. The average molecular weight is 184 g/mol. The van der Waals surface area contributed by atoms with Gasteiger partial charge in [0.2, 0.25) is 0 Å². The number of benzene rings is 1. The number of hydrogen-bond donors (Lipinski definition) is 0. The monoisotopic (exact) mass is 184 g/mol. The Morgan fingerprint density at radius 3 is 2.85 bits per heavy atom. The molecule has 0 spiro atoms. The Labute approximate surface area is 80.7 Å². The standard InChI is InChI=1S/C12H8S/c1-2-4-8-7(3-1)9-5-6-10-12(13-10)11(8)9/h1-6,10,12H. The summed E-state index contributed by atoms with van der Waals surface area (Å²) in [5, 5.41) is 4.56. The van der Waals surface area contributed by atoms with Gasteiger partial charge in [-0.1, -0.05) is 36.4 Å². The summed E-state index contributed by atoms with van der Waals surface area (Å²) in [4.78, 5) is 0. The molecule has 0 saturated carbocycles. The smallest absolute Gasteiger partial charge is 0.0470 e. The summed E-state index contributed by atoms with van der Waals surface area (Å²) in [7, 11) is 0. The van der Waals surface area contributed by atoms with Gasteiger partial charge in [-0.25, -0.2) is 0 Å². The second kappa shape index (κ2) is 1.93. The maximum Gasteiger partial charge on any atom is 0.0470 e. The van der Waals surface area contributed by atoms with E-state index in [0.717, 1.165) is 10.5 Å². The first kappa shape index (κ1) is 6.50. The Morgan fingerprint density at radius 1 is 1.08 bits per heavy atom. The SMILES string of the molecule is C1=CC2SC2C2=c3ccccc3=C12. The van der Waals surface area contributed by atoms with Crippen LogP contribution in [0.25, 0.3) is 11.1 Å². The van der Waals surface area contributed by atoms with E-state index in [-0.39, 0.29) is 0 Å². The first-order chi connectivity index (χ1) is 6.45. The third-order valence-electron chi connectivity index (χ3n) is 3.06. The highest BCUT2D eigenvalue weighted by molar-refractivity contribution is 8.08. The third-order valence-corrected chi connectivity index (χ3v) is 4.31. The van der Waals surface area contributed by atoms with Gasteiger partial charge < -0.3 is 0 Å². The lowest BCUT2D eigenvalue weighted by Gasteiger charge is -2.19. The highest BCUT2D eigenvalue weighted by atomic mass is 32.2. The predicted molar refractivity (Wildman–Crippen MR) is 56.8 cm³/mol. The number of fused-ring (bicyclic) bond motifs is 4. The molecular formula is C12H8S. The highest BCUT2D eigenvalue weighted by Gasteiger charge is 2.44. The Bertz CT molecular complexity index is 551. The van der Waals surface area contributed by atoms with Crippen LogP contribution in [0.15, 0.2) is 36.4 Å². The molecule has 2 atom stereocenters. The minimum Gasteiger partial charge on any atom is -0.143 e. The zero-order valence-corrected chi connectivity index (χ0v) is 7.84. The van der Waals surface area contributed by atoms with E-state index in [1.165, 1.54) is 16.0 Å². The van der Waals surface area contributed by atoms with Crippen molar-refractivity contribution in [3.63, 3.8) is 0 Å². The summed E-state index contributed by atoms with van der Waals surface area (Å²) in [5.41, 5.74) is 3.12. The van der Waals surface area contributed by atoms with Crippen LogP contribution in [0.4, 0.5) is 0 Å². The van der Waals surface area contributed by atoms with Crippen LogP contribution in [-0.4, -0.2) is 10.5 Å². The third kappa shape index (κ3) is 0.659. The van der Waals surface area contributed by atoms with E-state index in [1.807, 2.05) is 0 Å². The summed E-state index contributed by atoms with van der Waals surface area (Å²) in [5.74, 6) is 0. The molecule has 0 radical (unpaired) electrons. The van der Waals surface area contributed by atoms with Gasteiger partial charge in [-0.2, -0.15) is 0 Å². The maximum atomic E-state index is 2.35. The molecule has 2 unspecified atom stereocenters. The first-order valence-corrected chi connectivity index (χ1v) is 5.57. The van der Waals surface area contributed by atoms with Gasteiger partial charge >= 0.3 is 0 Å². The van der Waals surface area contributed by atoms with Gasteiger partial charge in [0.25, 0.3) is 0 Å². The van der Waals surface area contributed by atoms with Crippen LogP contribution in [0, 0.1) is 0 Å². The Kier molecular flexibility index (Phi) is 0.964. The zero-order valence-electron chi connectivity index (χ0n) is 7.03. The fourth-order valence-electron chi connectivity index (χ4n) is 2.36. The molecule has 0 aromatic heterocycles. The van der Waals surface area contributed by atoms with Crippen molar-refractivity contribution in [2.75, 3.05) is 0 Å². The van der Waals surface area contributed by atoms with Crippen LogP contribution in [0.3, 0.4) is 0 Å². The molecule has 0 amide bonds. The molecule has 0 bridgehead atoms. The molecular weight excluding hydrogens is 176 g/mol. The largest absolute Gasteiger partial charge is 0.143 e. The normalized spacial score (nSPS) is 31.7. The van der Waals surface area contributed by atoms with E-state index < -0.39 is 0 Å². The van der Waals surface area contributed by atoms with Gasteiger partial charge in [-0.3, -0.25) is 0 Å². The molecule has 3 aliphatic rings. The van der Waals surface area contributed by atoms with E-state index >= 15 is 0 Å². The Balaban J connectivity index is 2.17. The maximum absolute atomic E-state index is 2.35. The van der Waals surface area contributed by atoms with Gasteiger partial charge in [0, 0.05) is 10.5 Å². The van der Waals surface area contributed by atoms with Crippen molar-refractivity contribution in [1.29, 1.82) is 0 Å². The molecule has 1 aliphatic heterocycles. The first-order valence-electron chi connectivity index (χ1n) is 4.63. The van der Waals surface area contributed by atoms with Crippen molar-refractivity contribution in [2.45, 2.75) is 10.5 Å². The number of hydrogen-bond acceptors (Lipinski definition) is 1. The van der Waals surface area contributed by atoms with Crippen molar-refractivity contribution in [1.82, 2.24) is 0 Å². The van der Waals surface area contributed by atoms with E-state index in [0.29, 0.717) is 0 Å². The van der Waals surface area contributed by atoms with Crippen molar-refractivity contribution in [3.05, 3.63) is 46.9 Å². The van der Waals surface area contributed by atoms with Crippen LogP contribution < -0.4 is 10.4 Å². The zero-order chi connectivity index (χ0) is 8.41. The molecule has 13 heavy (non-hydrogen) atoms. The van der Waals surface area contributed by atoms with Crippen molar-refractivity contribution in [2.24, 2.45) is 0 Å². The van der Waals surface area contributed by atoms with Crippen LogP contribution >= 0.6 is 11.8 Å². The predicted octanol–water partition coefficient (Wildman–Crippen LogP) is 1.06. The lowest BCUT2D eigenvalue weighted by atomic mass is 9.84. The molecule has 2 aliphatic carbocycles. The number of thioether (sulfide) groups is 1. The molecule has 0 N–H and O–H groups in total. The van der Waals surface area contributed by atoms with Gasteiger partial charge in [-0.05, 0) is 21.6 Å². The molecule has 1 heteroatoms. The molecule has 1 aromatic carbocycles.